The molecule has 0 amide bonds. The van der Waals surface area contributed by atoms with Crippen molar-refractivity contribution in [2.75, 3.05) is 0 Å². The second-order valence-electron chi connectivity index (χ2n) is 5.04. The van der Waals surface area contributed by atoms with Crippen LogP contribution in [0.4, 0.5) is 0 Å². The van der Waals surface area contributed by atoms with Gasteiger partial charge in [-0.25, -0.2) is 0 Å². The van der Waals surface area contributed by atoms with Crippen molar-refractivity contribution in [2.24, 2.45) is 5.92 Å². The number of hydrogen-bond donors (Lipinski definition) is 1. The van der Waals surface area contributed by atoms with Gasteiger partial charge in [0.1, 0.15) is 0 Å². The smallest absolute Gasteiger partial charge is 0.152 e. The van der Waals surface area contributed by atoms with Crippen LogP contribution in [0.15, 0.2) is 0 Å². The first-order valence-electron chi connectivity index (χ1n) is 4.77. The molecular weight excluding hydrogens is 150 g/mol. The monoisotopic (exact) mass is 167 g/mol. The summed E-state index contributed by atoms with van der Waals surface area (Å²) in [5.74, 6) is 0.977. The van der Waals surface area contributed by atoms with Crippen LogP contribution in [0.3, 0.4) is 0 Å². The minimum Gasteiger partial charge on any atom is -0.300 e. The van der Waals surface area contributed by atoms with Gasteiger partial charge in [-0.15, -0.1) is 0 Å². The van der Waals surface area contributed by atoms with E-state index < -0.39 is 0 Å². The number of carbonyl (C=O) groups excluding carboxylic acids is 1. The maximum Gasteiger partial charge on any atom is 0.152 e. The Balaban J connectivity index is 2.32. The lowest BCUT2D eigenvalue weighted by atomic mass is 9.64. The van der Waals surface area contributed by atoms with E-state index in [1.54, 1.807) is 0 Å². The van der Waals surface area contributed by atoms with E-state index in [1.165, 1.54) is 6.42 Å². The van der Waals surface area contributed by atoms with E-state index >= 15 is 0 Å². The molecule has 2 heterocycles. The maximum absolute atomic E-state index is 11.6. The first-order valence-corrected chi connectivity index (χ1v) is 4.77. The van der Waals surface area contributed by atoms with Gasteiger partial charge in [0.25, 0.3) is 0 Å². The number of carbonyl (C=O) groups is 1. The van der Waals surface area contributed by atoms with Crippen molar-refractivity contribution in [1.29, 1.82) is 0 Å². The van der Waals surface area contributed by atoms with Crippen LogP contribution in [0.25, 0.3) is 0 Å². The van der Waals surface area contributed by atoms with Crippen LogP contribution in [0.1, 0.15) is 40.0 Å². The molecule has 0 radical (unpaired) electrons. The van der Waals surface area contributed by atoms with Gasteiger partial charge in [-0.05, 0) is 39.5 Å². The Bertz CT molecular complexity index is 234. The van der Waals surface area contributed by atoms with Gasteiger partial charge < -0.3 is 0 Å². The molecule has 3 rings (SSSR count). The van der Waals surface area contributed by atoms with Crippen LogP contribution in [0.2, 0.25) is 0 Å². The van der Waals surface area contributed by atoms with E-state index in [-0.39, 0.29) is 11.1 Å². The summed E-state index contributed by atoms with van der Waals surface area (Å²) in [6.07, 6.45) is 3.03. The first kappa shape index (κ1) is 8.24. The fraction of sp³-hybridized carbons (Fsp3) is 0.900. The Morgan fingerprint density at radius 1 is 1.42 bits per heavy atom. The highest BCUT2D eigenvalue weighted by molar-refractivity contribution is 5.90. The molecule has 1 saturated carbocycles. The summed E-state index contributed by atoms with van der Waals surface area (Å²) >= 11 is 0. The SMILES string of the molecule is CC1(C)N[C@]2(C)CC[C@@H]1CC2=O. The van der Waals surface area contributed by atoms with Gasteiger partial charge in [0, 0.05) is 12.0 Å². The molecule has 2 nitrogen and oxygen atoms in total. The Morgan fingerprint density at radius 3 is 2.42 bits per heavy atom. The fourth-order valence-electron chi connectivity index (χ4n) is 2.71. The van der Waals surface area contributed by atoms with Gasteiger partial charge in [0.05, 0.1) is 5.54 Å². The molecule has 2 bridgehead atoms. The number of rotatable bonds is 0. The predicted octanol–water partition coefficient (Wildman–Crippen LogP) is 1.50. The lowest BCUT2D eigenvalue weighted by Crippen LogP contribution is -2.69. The van der Waals surface area contributed by atoms with E-state index in [0.29, 0.717) is 11.7 Å². The Labute approximate surface area is 73.7 Å². The number of ketones is 1. The van der Waals surface area contributed by atoms with Crippen molar-refractivity contribution in [3.8, 4) is 0 Å². The quantitative estimate of drug-likeness (QED) is 0.592. The van der Waals surface area contributed by atoms with Crippen LogP contribution >= 0.6 is 0 Å². The number of fused-ring (bicyclic) bond motifs is 3. The molecule has 0 unspecified atom stereocenters. The standard InChI is InChI=1S/C10H17NO/c1-9(2)7-4-5-10(3,11-9)8(12)6-7/h7,11H,4-6H2,1-3H3/t7-,10-/m1/s1. The Morgan fingerprint density at radius 2 is 2.08 bits per heavy atom. The third-order valence-electron chi connectivity index (χ3n) is 3.66. The van der Waals surface area contributed by atoms with Crippen LogP contribution < -0.4 is 5.32 Å². The van der Waals surface area contributed by atoms with Crippen LogP contribution in [0, 0.1) is 5.92 Å². The predicted molar refractivity (Wildman–Crippen MR) is 48.0 cm³/mol. The molecule has 2 heteroatoms. The van der Waals surface area contributed by atoms with Gasteiger partial charge in [0.15, 0.2) is 5.78 Å². The van der Waals surface area contributed by atoms with Crippen molar-refractivity contribution in [3.63, 3.8) is 0 Å². The van der Waals surface area contributed by atoms with Crippen LogP contribution in [-0.4, -0.2) is 16.9 Å². The van der Waals surface area contributed by atoms with Crippen molar-refractivity contribution >= 4 is 5.78 Å². The summed E-state index contributed by atoms with van der Waals surface area (Å²) in [5.41, 5.74) is -0.0425. The van der Waals surface area contributed by atoms with Crippen molar-refractivity contribution in [1.82, 2.24) is 5.32 Å². The second-order valence-corrected chi connectivity index (χ2v) is 5.04. The summed E-state index contributed by atoms with van der Waals surface area (Å²) in [6, 6.07) is 0. The highest BCUT2D eigenvalue weighted by Crippen LogP contribution is 2.42. The largest absolute Gasteiger partial charge is 0.300 e. The zero-order chi connectivity index (χ0) is 8.98. The van der Waals surface area contributed by atoms with E-state index in [4.69, 9.17) is 0 Å². The average molecular weight is 167 g/mol. The van der Waals surface area contributed by atoms with Crippen molar-refractivity contribution in [3.05, 3.63) is 0 Å². The summed E-state index contributed by atoms with van der Waals surface area (Å²) in [4.78, 5) is 11.6. The van der Waals surface area contributed by atoms with Crippen molar-refractivity contribution in [2.45, 2.75) is 51.1 Å². The third-order valence-corrected chi connectivity index (χ3v) is 3.66. The molecule has 0 spiro atoms. The Kier molecular flexibility index (Phi) is 1.45. The molecule has 3 fully saturated rings. The molecule has 0 aromatic heterocycles. The number of hydrogen-bond acceptors (Lipinski definition) is 2. The number of Topliss-reactive ketones (excluding diaryl/α,β-unsaturated/α-hetero) is 1. The molecule has 2 atom stereocenters. The summed E-state index contributed by atoms with van der Waals surface area (Å²) in [7, 11) is 0. The molecule has 68 valence electrons. The molecular formula is C10H17NO. The Hall–Kier alpha value is -0.370. The number of nitrogens with one attached hydrogen (secondary N) is 1. The summed E-state index contributed by atoms with van der Waals surface area (Å²) in [6.45, 7) is 6.47. The zero-order valence-electron chi connectivity index (χ0n) is 8.11. The summed E-state index contributed by atoms with van der Waals surface area (Å²) < 4.78 is 0. The van der Waals surface area contributed by atoms with Gasteiger partial charge in [-0.2, -0.15) is 0 Å². The molecule has 0 aromatic carbocycles. The van der Waals surface area contributed by atoms with E-state index in [1.807, 2.05) is 6.92 Å². The normalized spacial score (nSPS) is 44.9. The van der Waals surface area contributed by atoms with E-state index in [9.17, 15) is 4.79 Å². The van der Waals surface area contributed by atoms with Gasteiger partial charge >= 0.3 is 0 Å². The highest BCUT2D eigenvalue weighted by atomic mass is 16.1. The second kappa shape index (κ2) is 2.11. The minimum atomic E-state index is -0.210. The highest BCUT2D eigenvalue weighted by Gasteiger charge is 2.51. The first-order chi connectivity index (χ1) is 5.44. The lowest BCUT2D eigenvalue weighted by Gasteiger charge is -2.53. The van der Waals surface area contributed by atoms with Gasteiger partial charge in [-0.3, -0.25) is 10.1 Å². The van der Waals surface area contributed by atoms with E-state index in [0.717, 1.165) is 12.8 Å². The molecule has 2 saturated heterocycles. The zero-order valence-corrected chi connectivity index (χ0v) is 8.11. The van der Waals surface area contributed by atoms with Crippen LogP contribution in [0.5, 0.6) is 0 Å². The average Bonchev–Trinajstić information content (AvgIpc) is 1.91. The fourth-order valence-corrected chi connectivity index (χ4v) is 2.71. The minimum absolute atomic E-state index is 0.168. The van der Waals surface area contributed by atoms with E-state index in [2.05, 4.69) is 19.2 Å². The summed E-state index contributed by atoms with van der Waals surface area (Å²) in [5, 5.41) is 3.47. The van der Waals surface area contributed by atoms with Gasteiger partial charge in [-0.1, -0.05) is 0 Å². The van der Waals surface area contributed by atoms with Crippen molar-refractivity contribution < 1.29 is 4.79 Å². The van der Waals surface area contributed by atoms with Gasteiger partial charge in [0.2, 0.25) is 0 Å². The number of piperidine rings is 2. The topological polar surface area (TPSA) is 29.1 Å². The maximum atomic E-state index is 11.6. The molecule has 0 aromatic rings. The molecule has 3 aliphatic rings. The lowest BCUT2D eigenvalue weighted by molar-refractivity contribution is -0.136. The van der Waals surface area contributed by atoms with Crippen LogP contribution in [-0.2, 0) is 4.79 Å². The molecule has 1 aliphatic carbocycles. The molecule has 12 heavy (non-hydrogen) atoms. The molecule has 2 aliphatic heterocycles. The molecule has 1 N–H and O–H groups in total. The third kappa shape index (κ3) is 0.939.